The summed E-state index contributed by atoms with van der Waals surface area (Å²) < 4.78 is 5.85. The molecule has 2 rings (SSSR count). The van der Waals surface area contributed by atoms with E-state index in [0.717, 1.165) is 4.47 Å². The van der Waals surface area contributed by atoms with Crippen LogP contribution in [0.25, 0.3) is 0 Å². The number of halogens is 1. The maximum Gasteiger partial charge on any atom is 0.255 e. The lowest BCUT2D eigenvalue weighted by Gasteiger charge is -2.17. The number of nitrogens with one attached hydrogen (secondary N) is 1. The van der Waals surface area contributed by atoms with Gasteiger partial charge in [-0.05, 0) is 34.1 Å². The molecule has 19 heavy (non-hydrogen) atoms. The molecule has 0 bridgehead atoms. The predicted octanol–water partition coefficient (Wildman–Crippen LogP) is 1.85. The SMILES string of the molecule is COc1ccc(Br)c(C(=O)N(C)Cc2ncn[nH]2)c1. The van der Waals surface area contributed by atoms with Crippen molar-refractivity contribution in [3.63, 3.8) is 0 Å². The highest BCUT2D eigenvalue weighted by molar-refractivity contribution is 9.10. The average molecular weight is 325 g/mol. The molecule has 1 aromatic heterocycles. The summed E-state index contributed by atoms with van der Waals surface area (Å²) in [6.07, 6.45) is 1.41. The molecule has 1 N–H and O–H groups in total. The van der Waals surface area contributed by atoms with Crippen LogP contribution in [0.5, 0.6) is 5.75 Å². The van der Waals surface area contributed by atoms with Gasteiger partial charge in [0.15, 0.2) is 0 Å². The van der Waals surface area contributed by atoms with E-state index in [2.05, 4.69) is 31.1 Å². The molecule has 1 heterocycles. The van der Waals surface area contributed by atoms with Crippen LogP contribution in [0.3, 0.4) is 0 Å². The second kappa shape index (κ2) is 5.83. The zero-order chi connectivity index (χ0) is 13.8. The third kappa shape index (κ3) is 3.11. The first-order valence-corrected chi connectivity index (χ1v) is 6.34. The Hall–Kier alpha value is -1.89. The summed E-state index contributed by atoms with van der Waals surface area (Å²) in [5.74, 6) is 1.15. The van der Waals surface area contributed by atoms with Crippen LogP contribution in [0.2, 0.25) is 0 Å². The molecule has 0 aliphatic carbocycles. The van der Waals surface area contributed by atoms with Gasteiger partial charge in [0.2, 0.25) is 0 Å². The van der Waals surface area contributed by atoms with Crippen molar-refractivity contribution in [2.45, 2.75) is 6.54 Å². The highest BCUT2D eigenvalue weighted by Crippen LogP contribution is 2.23. The third-order valence-electron chi connectivity index (χ3n) is 2.60. The fourth-order valence-electron chi connectivity index (χ4n) is 1.60. The normalized spacial score (nSPS) is 10.3. The first kappa shape index (κ1) is 13.5. The van der Waals surface area contributed by atoms with Crippen molar-refractivity contribution in [1.29, 1.82) is 0 Å². The molecule has 0 aliphatic heterocycles. The quantitative estimate of drug-likeness (QED) is 0.931. The fraction of sp³-hybridized carbons (Fsp3) is 0.250. The third-order valence-corrected chi connectivity index (χ3v) is 3.29. The lowest BCUT2D eigenvalue weighted by atomic mass is 10.2. The van der Waals surface area contributed by atoms with Crippen LogP contribution in [-0.4, -0.2) is 40.1 Å². The molecule has 7 heteroatoms. The molecule has 0 saturated heterocycles. The number of benzene rings is 1. The maximum absolute atomic E-state index is 12.3. The van der Waals surface area contributed by atoms with E-state index in [1.807, 2.05) is 0 Å². The Labute approximate surface area is 118 Å². The number of carbonyl (C=O) groups is 1. The van der Waals surface area contributed by atoms with Crippen LogP contribution >= 0.6 is 15.9 Å². The smallest absolute Gasteiger partial charge is 0.255 e. The molecule has 0 radical (unpaired) electrons. The number of rotatable bonds is 4. The van der Waals surface area contributed by atoms with Crippen LogP contribution < -0.4 is 4.74 Å². The molecule has 0 unspecified atom stereocenters. The first-order chi connectivity index (χ1) is 9.11. The number of hydrogen-bond acceptors (Lipinski definition) is 4. The van der Waals surface area contributed by atoms with Gasteiger partial charge in [-0.25, -0.2) is 4.98 Å². The Bertz CT molecular complexity index is 571. The number of nitrogens with zero attached hydrogens (tertiary/aromatic N) is 3. The number of carbonyl (C=O) groups excluding carboxylic acids is 1. The Morgan fingerprint density at radius 2 is 2.32 bits per heavy atom. The van der Waals surface area contributed by atoms with Crippen molar-refractivity contribution in [3.05, 3.63) is 40.4 Å². The molecule has 0 fully saturated rings. The van der Waals surface area contributed by atoms with Crippen LogP contribution in [0, 0.1) is 0 Å². The van der Waals surface area contributed by atoms with Gasteiger partial charge >= 0.3 is 0 Å². The summed E-state index contributed by atoms with van der Waals surface area (Å²) in [4.78, 5) is 17.9. The highest BCUT2D eigenvalue weighted by Gasteiger charge is 2.16. The largest absolute Gasteiger partial charge is 0.497 e. The topological polar surface area (TPSA) is 71.1 Å². The number of methoxy groups -OCH3 is 1. The summed E-state index contributed by atoms with van der Waals surface area (Å²) in [5.41, 5.74) is 0.543. The number of hydrogen-bond donors (Lipinski definition) is 1. The molecular weight excluding hydrogens is 312 g/mol. The second-order valence-electron chi connectivity index (χ2n) is 3.94. The lowest BCUT2D eigenvalue weighted by molar-refractivity contribution is 0.0780. The van der Waals surface area contributed by atoms with Gasteiger partial charge in [0.1, 0.15) is 17.9 Å². The van der Waals surface area contributed by atoms with Crippen molar-refractivity contribution in [1.82, 2.24) is 20.1 Å². The summed E-state index contributed by atoms with van der Waals surface area (Å²) in [6.45, 7) is 0.364. The zero-order valence-corrected chi connectivity index (χ0v) is 12.1. The van der Waals surface area contributed by atoms with E-state index in [9.17, 15) is 4.79 Å². The Balaban J connectivity index is 2.18. The van der Waals surface area contributed by atoms with Gasteiger partial charge in [-0.2, -0.15) is 5.10 Å². The van der Waals surface area contributed by atoms with Crippen LogP contribution in [0.1, 0.15) is 16.2 Å². The molecule has 1 amide bonds. The van der Waals surface area contributed by atoms with E-state index in [1.165, 1.54) is 6.33 Å². The van der Waals surface area contributed by atoms with Gasteiger partial charge in [0.05, 0.1) is 19.2 Å². The van der Waals surface area contributed by atoms with Gasteiger partial charge < -0.3 is 9.64 Å². The molecule has 100 valence electrons. The maximum atomic E-state index is 12.3. The molecule has 0 saturated carbocycles. The van der Waals surface area contributed by atoms with E-state index in [-0.39, 0.29) is 5.91 Å². The standard InChI is InChI=1S/C12H13BrN4O2/c1-17(6-11-14-7-15-16-11)12(18)9-5-8(19-2)3-4-10(9)13/h3-5,7H,6H2,1-2H3,(H,14,15,16). The monoisotopic (exact) mass is 324 g/mol. The zero-order valence-electron chi connectivity index (χ0n) is 10.6. The number of H-pyrrole nitrogens is 1. The summed E-state index contributed by atoms with van der Waals surface area (Å²) >= 11 is 3.37. The minimum absolute atomic E-state index is 0.123. The Kier molecular flexibility index (Phi) is 4.16. The second-order valence-corrected chi connectivity index (χ2v) is 4.79. The molecule has 6 nitrogen and oxygen atoms in total. The van der Waals surface area contributed by atoms with Crippen LogP contribution in [0.15, 0.2) is 29.0 Å². The Morgan fingerprint density at radius 1 is 1.53 bits per heavy atom. The lowest BCUT2D eigenvalue weighted by Crippen LogP contribution is -2.27. The molecule has 0 atom stereocenters. The number of ether oxygens (including phenoxy) is 1. The number of aromatic nitrogens is 3. The van der Waals surface area contributed by atoms with Crippen molar-refractivity contribution >= 4 is 21.8 Å². The Morgan fingerprint density at radius 3 is 2.95 bits per heavy atom. The molecule has 0 spiro atoms. The van der Waals surface area contributed by atoms with Gasteiger partial charge in [0, 0.05) is 11.5 Å². The highest BCUT2D eigenvalue weighted by atomic mass is 79.9. The van der Waals surface area contributed by atoms with Crippen molar-refractivity contribution in [3.8, 4) is 5.75 Å². The van der Waals surface area contributed by atoms with E-state index in [0.29, 0.717) is 23.7 Å². The van der Waals surface area contributed by atoms with Gasteiger partial charge in [-0.3, -0.25) is 9.89 Å². The number of amides is 1. The first-order valence-electron chi connectivity index (χ1n) is 5.55. The van der Waals surface area contributed by atoms with Gasteiger partial charge in [-0.1, -0.05) is 0 Å². The molecular formula is C12H13BrN4O2. The van der Waals surface area contributed by atoms with E-state index < -0.39 is 0 Å². The molecule has 2 aromatic rings. The summed E-state index contributed by atoms with van der Waals surface area (Å²) in [6, 6.07) is 5.27. The number of aromatic amines is 1. The summed E-state index contributed by atoms with van der Waals surface area (Å²) in [5, 5.41) is 6.47. The van der Waals surface area contributed by atoms with E-state index in [4.69, 9.17) is 4.74 Å². The average Bonchev–Trinajstić information content (AvgIpc) is 2.91. The van der Waals surface area contributed by atoms with Crippen LogP contribution in [-0.2, 0) is 6.54 Å². The van der Waals surface area contributed by atoms with Crippen LogP contribution in [0.4, 0.5) is 0 Å². The molecule has 1 aromatic carbocycles. The summed E-state index contributed by atoms with van der Waals surface area (Å²) in [7, 11) is 3.27. The van der Waals surface area contributed by atoms with Crippen molar-refractivity contribution in [2.75, 3.05) is 14.2 Å². The van der Waals surface area contributed by atoms with Gasteiger partial charge in [-0.15, -0.1) is 0 Å². The predicted molar refractivity (Wildman–Crippen MR) is 72.9 cm³/mol. The van der Waals surface area contributed by atoms with Gasteiger partial charge in [0.25, 0.3) is 5.91 Å². The van der Waals surface area contributed by atoms with E-state index in [1.54, 1.807) is 37.3 Å². The van der Waals surface area contributed by atoms with Crippen molar-refractivity contribution in [2.24, 2.45) is 0 Å². The van der Waals surface area contributed by atoms with E-state index >= 15 is 0 Å². The van der Waals surface area contributed by atoms with Crippen molar-refractivity contribution < 1.29 is 9.53 Å². The fourth-order valence-corrected chi connectivity index (χ4v) is 2.02. The minimum Gasteiger partial charge on any atom is -0.497 e. The molecule has 0 aliphatic rings. The minimum atomic E-state index is -0.123.